The van der Waals surface area contributed by atoms with E-state index in [0.29, 0.717) is 43.0 Å². The molecular weight excluding hydrogens is 428 g/mol. The maximum Gasteiger partial charge on any atom is 0.419 e. The van der Waals surface area contributed by atoms with E-state index in [4.69, 9.17) is 4.74 Å². The number of likely N-dealkylation sites (tertiary alicyclic amines) is 1. The van der Waals surface area contributed by atoms with Gasteiger partial charge in [0, 0.05) is 24.2 Å². The summed E-state index contributed by atoms with van der Waals surface area (Å²) < 4.78 is 58.2. The molecule has 3 rings (SSSR count). The molecule has 9 heteroatoms. The molecule has 0 aliphatic carbocycles. The number of rotatable bonds is 7. The van der Waals surface area contributed by atoms with E-state index >= 15 is 0 Å². The van der Waals surface area contributed by atoms with E-state index in [1.54, 1.807) is 36.1 Å². The Balaban J connectivity index is 1.74. The maximum atomic E-state index is 13.5. The van der Waals surface area contributed by atoms with E-state index in [2.05, 4.69) is 5.32 Å². The molecule has 1 aliphatic heterocycles. The summed E-state index contributed by atoms with van der Waals surface area (Å²) in [6.07, 6.45) is -2.57. The Morgan fingerprint density at radius 2 is 1.81 bits per heavy atom. The molecule has 1 atom stereocenters. The topological polar surface area (TPSA) is 58.6 Å². The summed E-state index contributed by atoms with van der Waals surface area (Å²) in [6.45, 7) is 3.06. The van der Waals surface area contributed by atoms with Gasteiger partial charge < -0.3 is 15.0 Å². The highest BCUT2D eigenvalue weighted by Crippen LogP contribution is 2.32. The number of benzene rings is 2. The number of hydrogen-bond acceptors (Lipinski definition) is 3. The second-order valence-corrected chi connectivity index (χ2v) is 7.54. The zero-order valence-electron chi connectivity index (χ0n) is 17.5. The van der Waals surface area contributed by atoms with Crippen LogP contribution in [0.25, 0.3) is 0 Å². The van der Waals surface area contributed by atoms with E-state index in [9.17, 15) is 27.2 Å². The molecule has 0 radical (unpaired) electrons. The van der Waals surface area contributed by atoms with Gasteiger partial charge in [-0.1, -0.05) is 25.1 Å². The van der Waals surface area contributed by atoms with Crippen molar-refractivity contribution in [3.8, 4) is 5.75 Å². The lowest BCUT2D eigenvalue weighted by atomic mass is 10.0. The first-order valence-electron chi connectivity index (χ1n) is 10.4. The highest BCUT2D eigenvalue weighted by molar-refractivity contribution is 5.94. The molecule has 2 aromatic rings. The predicted molar refractivity (Wildman–Crippen MR) is 110 cm³/mol. The minimum Gasteiger partial charge on any atom is -0.483 e. The molecule has 32 heavy (non-hydrogen) atoms. The third-order valence-corrected chi connectivity index (χ3v) is 5.35. The van der Waals surface area contributed by atoms with Crippen LogP contribution in [0.5, 0.6) is 5.75 Å². The number of para-hydroxylation sites is 1. The van der Waals surface area contributed by atoms with Crippen molar-refractivity contribution in [1.82, 2.24) is 10.2 Å². The van der Waals surface area contributed by atoms with Crippen molar-refractivity contribution in [2.45, 2.75) is 38.4 Å². The van der Waals surface area contributed by atoms with Crippen LogP contribution < -0.4 is 10.1 Å². The molecule has 0 spiro atoms. The van der Waals surface area contributed by atoms with Crippen LogP contribution in [0.15, 0.2) is 42.5 Å². The summed E-state index contributed by atoms with van der Waals surface area (Å²) in [5.74, 6) is -1.93. The van der Waals surface area contributed by atoms with Crippen molar-refractivity contribution in [1.29, 1.82) is 0 Å². The molecule has 1 unspecified atom stereocenters. The van der Waals surface area contributed by atoms with Gasteiger partial charge in [0.25, 0.3) is 11.8 Å². The van der Waals surface area contributed by atoms with E-state index in [1.807, 2.05) is 0 Å². The number of alkyl halides is 3. The molecule has 172 valence electrons. The van der Waals surface area contributed by atoms with Gasteiger partial charge in [-0.15, -0.1) is 0 Å². The number of nitrogens with one attached hydrogen (secondary N) is 1. The van der Waals surface area contributed by atoms with Gasteiger partial charge in [0.1, 0.15) is 11.6 Å². The molecule has 0 aromatic heterocycles. The Labute approximate surface area is 183 Å². The molecular formula is C23H24F4N2O3. The second-order valence-electron chi connectivity index (χ2n) is 7.54. The van der Waals surface area contributed by atoms with Crippen molar-refractivity contribution >= 4 is 11.8 Å². The average Bonchev–Trinajstić information content (AvgIpc) is 3.30. The quantitative estimate of drug-likeness (QED) is 0.618. The van der Waals surface area contributed by atoms with Gasteiger partial charge in [-0.3, -0.25) is 9.59 Å². The van der Waals surface area contributed by atoms with Crippen LogP contribution in [0.4, 0.5) is 17.6 Å². The lowest BCUT2D eigenvalue weighted by Gasteiger charge is -2.22. The molecule has 1 heterocycles. The molecule has 2 amide bonds. The Morgan fingerprint density at radius 1 is 1.12 bits per heavy atom. The molecule has 5 nitrogen and oxygen atoms in total. The van der Waals surface area contributed by atoms with Gasteiger partial charge in [-0.05, 0) is 43.5 Å². The first-order chi connectivity index (χ1) is 15.2. The number of halogens is 4. The number of ether oxygens (including phenoxy) is 1. The van der Waals surface area contributed by atoms with Crippen LogP contribution in [0.2, 0.25) is 0 Å². The summed E-state index contributed by atoms with van der Waals surface area (Å²) in [6, 6.07) is 8.39. The molecule has 1 fully saturated rings. The second kappa shape index (κ2) is 10.0. The fourth-order valence-corrected chi connectivity index (χ4v) is 3.62. The van der Waals surface area contributed by atoms with Crippen LogP contribution in [0, 0.1) is 5.82 Å². The van der Waals surface area contributed by atoms with Gasteiger partial charge in [0.05, 0.1) is 11.6 Å². The van der Waals surface area contributed by atoms with Crippen LogP contribution >= 0.6 is 0 Å². The van der Waals surface area contributed by atoms with Crippen molar-refractivity contribution in [3.63, 3.8) is 0 Å². The van der Waals surface area contributed by atoms with Crippen LogP contribution in [0.3, 0.4) is 0 Å². The summed E-state index contributed by atoms with van der Waals surface area (Å²) in [5, 5.41) is 2.68. The van der Waals surface area contributed by atoms with E-state index in [-0.39, 0.29) is 18.1 Å². The molecule has 1 saturated heterocycles. The molecule has 2 aromatic carbocycles. The zero-order valence-corrected chi connectivity index (χ0v) is 17.5. The van der Waals surface area contributed by atoms with Crippen LogP contribution in [0.1, 0.15) is 53.7 Å². The number of nitrogens with zero attached hydrogens (tertiary/aromatic N) is 1. The number of amides is 2. The Hall–Kier alpha value is -3.10. The fourth-order valence-electron chi connectivity index (χ4n) is 3.62. The van der Waals surface area contributed by atoms with E-state index < -0.39 is 29.5 Å². The maximum absolute atomic E-state index is 13.5. The van der Waals surface area contributed by atoms with Crippen molar-refractivity contribution in [3.05, 3.63) is 65.0 Å². The summed E-state index contributed by atoms with van der Waals surface area (Å²) in [5.41, 5.74) is -1.21. The Bertz CT molecular complexity index is 972. The first kappa shape index (κ1) is 23.6. The van der Waals surface area contributed by atoms with Gasteiger partial charge in [-0.2, -0.15) is 13.2 Å². The van der Waals surface area contributed by atoms with Crippen molar-refractivity contribution in [2.75, 3.05) is 19.7 Å². The number of carbonyl (C=O) groups is 2. The summed E-state index contributed by atoms with van der Waals surface area (Å²) in [7, 11) is 0. The zero-order chi connectivity index (χ0) is 23.3. The first-order valence-corrected chi connectivity index (χ1v) is 10.4. The Kier molecular flexibility index (Phi) is 7.37. The minimum absolute atomic E-state index is 0.125. The van der Waals surface area contributed by atoms with Crippen molar-refractivity contribution in [2.24, 2.45) is 0 Å². The number of hydrogen-bond donors (Lipinski definition) is 1. The monoisotopic (exact) mass is 452 g/mol. The van der Waals surface area contributed by atoms with Crippen molar-refractivity contribution < 1.29 is 31.9 Å². The standard InChI is InChI=1S/C23H24F4N2O3/c1-2-19(28-22(31)15-9-10-18(24)17(13-15)23(25,26)27)16-7-3-4-8-20(16)32-14-21(30)29-11-5-6-12-29/h3-4,7-10,13,19H,2,5-6,11-12,14H2,1H3,(H,28,31). The molecule has 0 saturated carbocycles. The highest BCUT2D eigenvalue weighted by Gasteiger charge is 2.35. The van der Waals surface area contributed by atoms with Gasteiger partial charge >= 0.3 is 6.18 Å². The summed E-state index contributed by atoms with van der Waals surface area (Å²) in [4.78, 5) is 26.6. The van der Waals surface area contributed by atoms with Crippen LogP contribution in [-0.2, 0) is 11.0 Å². The van der Waals surface area contributed by atoms with Gasteiger partial charge in [-0.25, -0.2) is 4.39 Å². The highest BCUT2D eigenvalue weighted by atomic mass is 19.4. The molecule has 1 aliphatic rings. The minimum atomic E-state index is -4.91. The van der Waals surface area contributed by atoms with Crippen LogP contribution in [-0.4, -0.2) is 36.4 Å². The Morgan fingerprint density at radius 3 is 2.47 bits per heavy atom. The molecule has 0 bridgehead atoms. The predicted octanol–water partition coefficient (Wildman–Crippen LogP) is 4.73. The largest absolute Gasteiger partial charge is 0.483 e. The fraction of sp³-hybridized carbons (Fsp3) is 0.391. The van der Waals surface area contributed by atoms with Gasteiger partial charge in [0.2, 0.25) is 0 Å². The normalized spacial score (nSPS) is 14.8. The van der Waals surface area contributed by atoms with E-state index in [1.165, 1.54) is 0 Å². The SMILES string of the molecule is CCC(NC(=O)c1ccc(F)c(C(F)(F)F)c1)c1ccccc1OCC(=O)N1CCCC1. The lowest BCUT2D eigenvalue weighted by Crippen LogP contribution is -2.33. The third kappa shape index (κ3) is 5.57. The van der Waals surface area contributed by atoms with E-state index in [0.717, 1.165) is 18.9 Å². The number of carbonyl (C=O) groups excluding carboxylic acids is 2. The average molecular weight is 452 g/mol. The van der Waals surface area contributed by atoms with Gasteiger partial charge in [0.15, 0.2) is 6.61 Å². The molecule has 1 N–H and O–H groups in total. The third-order valence-electron chi connectivity index (χ3n) is 5.35. The summed E-state index contributed by atoms with van der Waals surface area (Å²) >= 11 is 0. The smallest absolute Gasteiger partial charge is 0.419 e. The lowest BCUT2D eigenvalue weighted by molar-refractivity contribution is -0.140.